The van der Waals surface area contributed by atoms with Gasteiger partial charge in [0.15, 0.2) is 0 Å². The molecule has 1 N–H and O–H groups in total. The Morgan fingerprint density at radius 3 is 2.81 bits per heavy atom. The summed E-state index contributed by atoms with van der Waals surface area (Å²) in [4.78, 5) is 0. The Morgan fingerprint density at radius 1 is 1.29 bits per heavy atom. The number of nitrogens with one attached hydrogen (secondary N) is 1. The lowest BCUT2D eigenvalue weighted by atomic mass is 10.0. The average molecular weight is 311 g/mol. The lowest BCUT2D eigenvalue weighted by Gasteiger charge is -2.24. The van der Waals surface area contributed by atoms with E-state index in [4.69, 9.17) is 0 Å². The Kier molecular flexibility index (Phi) is 7.58. The van der Waals surface area contributed by atoms with Crippen molar-refractivity contribution < 1.29 is 0 Å². The summed E-state index contributed by atoms with van der Waals surface area (Å²) < 4.78 is 2.08. The number of hydrogen-bond donors (Lipinski definition) is 1. The van der Waals surface area contributed by atoms with Gasteiger partial charge < -0.3 is 5.32 Å². The van der Waals surface area contributed by atoms with E-state index in [-0.39, 0.29) is 0 Å². The molecule has 1 aliphatic carbocycles. The van der Waals surface area contributed by atoms with Crippen molar-refractivity contribution >= 4 is 11.8 Å². The third kappa shape index (κ3) is 5.29. The Labute approximate surface area is 133 Å². The third-order valence-electron chi connectivity index (χ3n) is 4.13. The van der Waals surface area contributed by atoms with E-state index in [9.17, 15) is 0 Å². The lowest BCUT2D eigenvalue weighted by molar-refractivity contribution is 0.489. The van der Waals surface area contributed by atoms with Gasteiger partial charge in [-0.15, -0.1) is 5.10 Å². The van der Waals surface area contributed by atoms with Crippen LogP contribution in [-0.4, -0.2) is 32.5 Å². The van der Waals surface area contributed by atoms with Crippen molar-refractivity contribution in [3.8, 4) is 0 Å². The van der Waals surface area contributed by atoms with Crippen molar-refractivity contribution in [2.75, 3.05) is 12.3 Å². The van der Waals surface area contributed by atoms with Gasteiger partial charge in [-0.1, -0.05) is 38.3 Å². The van der Waals surface area contributed by atoms with E-state index in [0.29, 0.717) is 6.04 Å². The topological polar surface area (TPSA) is 42.7 Å². The minimum Gasteiger partial charge on any atom is -0.308 e. The molecule has 0 bridgehead atoms. The lowest BCUT2D eigenvalue weighted by Crippen LogP contribution is -2.27. The minimum atomic E-state index is 0.387. The molecule has 5 heteroatoms. The SMILES string of the molecule is CCCNC(CSC1CCCCC1)c1cnnn1CCC. The van der Waals surface area contributed by atoms with Crippen molar-refractivity contribution in [2.24, 2.45) is 0 Å². The Balaban J connectivity index is 1.94. The first-order chi connectivity index (χ1) is 10.3. The summed E-state index contributed by atoms with van der Waals surface area (Å²) >= 11 is 2.15. The molecular formula is C16H30N4S. The molecule has 0 spiro atoms. The fraction of sp³-hybridized carbons (Fsp3) is 0.875. The normalized spacial score (nSPS) is 18.0. The number of thioether (sulfide) groups is 1. The van der Waals surface area contributed by atoms with Crippen LogP contribution in [-0.2, 0) is 6.54 Å². The van der Waals surface area contributed by atoms with E-state index in [1.54, 1.807) is 0 Å². The highest BCUT2D eigenvalue weighted by Crippen LogP contribution is 2.31. The molecule has 0 aromatic carbocycles. The maximum absolute atomic E-state index is 4.25. The Bertz CT molecular complexity index is 387. The first-order valence-corrected chi connectivity index (χ1v) is 9.63. The molecule has 0 radical (unpaired) electrons. The maximum Gasteiger partial charge on any atom is 0.0764 e. The second-order valence-electron chi connectivity index (χ2n) is 5.98. The molecule has 21 heavy (non-hydrogen) atoms. The smallest absolute Gasteiger partial charge is 0.0764 e. The number of rotatable bonds is 9. The maximum atomic E-state index is 4.25. The van der Waals surface area contributed by atoms with Gasteiger partial charge in [0.05, 0.1) is 17.9 Å². The van der Waals surface area contributed by atoms with Crippen molar-refractivity contribution in [1.29, 1.82) is 0 Å². The fourth-order valence-electron chi connectivity index (χ4n) is 2.95. The Hall–Kier alpha value is -0.550. The number of nitrogens with zero attached hydrogens (tertiary/aromatic N) is 3. The van der Waals surface area contributed by atoms with Crippen molar-refractivity contribution in [3.63, 3.8) is 0 Å². The molecule has 2 rings (SSSR count). The molecule has 0 saturated heterocycles. The van der Waals surface area contributed by atoms with Gasteiger partial charge in [-0.25, -0.2) is 4.68 Å². The standard InChI is InChI=1S/C16H30N4S/c1-3-10-17-15(13-21-14-8-6-5-7-9-14)16-12-18-19-20(16)11-4-2/h12,14-15,17H,3-11,13H2,1-2H3. The monoisotopic (exact) mass is 310 g/mol. The van der Waals surface area contributed by atoms with Gasteiger partial charge in [0.2, 0.25) is 0 Å². The minimum absolute atomic E-state index is 0.387. The Morgan fingerprint density at radius 2 is 2.10 bits per heavy atom. The number of aromatic nitrogens is 3. The average Bonchev–Trinajstić information content (AvgIpc) is 2.97. The highest BCUT2D eigenvalue weighted by atomic mass is 32.2. The van der Waals surface area contributed by atoms with Crippen LogP contribution in [0.3, 0.4) is 0 Å². The summed E-state index contributed by atoms with van der Waals surface area (Å²) in [7, 11) is 0. The summed E-state index contributed by atoms with van der Waals surface area (Å²) in [5, 5.41) is 12.9. The summed E-state index contributed by atoms with van der Waals surface area (Å²) in [6.07, 6.45) is 11.3. The first-order valence-electron chi connectivity index (χ1n) is 8.58. The zero-order valence-electron chi connectivity index (χ0n) is 13.6. The largest absolute Gasteiger partial charge is 0.308 e. The summed E-state index contributed by atoms with van der Waals surface area (Å²) in [6.45, 7) is 6.44. The van der Waals surface area contributed by atoms with E-state index in [1.807, 2.05) is 6.20 Å². The predicted molar refractivity (Wildman–Crippen MR) is 90.7 cm³/mol. The molecule has 0 amide bonds. The summed E-state index contributed by atoms with van der Waals surface area (Å²) in [5.41, 5.74) is 1.26. The second-order valence-corrected chi connectivity index (χ2v) is 7.32. The molecule has 4 nitrogen and oxygen atoms in total. The van der Waals surface area contributed by atoms with Crippen LogP contribution in [0.4, 0.5) is 0 Å². The van der Waals surface area contributed by atoms with Gasteiger partial charge in [0.25, 0.3) is 0 Å². The van der Waals surface area contributed by atoms with Gasteiger partial charge in [-0.3, -0.25) is 0 Å². The van der Waals surface area contributed by atoms with Crippen LogP contribution in [0, 0.1) is 0 Å². The van der Waals surface area contributed by atoms with E-state index < -0.39 is 0 Å². The van der Waals surface area contributed by atoms with Crippen molar-refractivity contribution in [1.82, 2.24) is 20.3 Å². The van der Waals surface area contributed by atoms with Crippen LogP contribution in [0.15, 0.2) is 6.20 Å². The van der Waals surface area contributed by atoms with Gasteiger partial charge in [0, 0.05) is 17.5 Å². The third-order valence-corrected chi connectivity index (χ3v) is 5.60. The van der Waals surface area contributed by atoms with Gasteiger partial charge >= 0.3 is 0 Å². The first kappa shape index (κ1) is 16.8. The molecular weight excluding hydrogens is 280 g/mol. The van der Waals surface area contributed by atoms with Crippen LogP contribution >= 0.6 is 11.8 Å². The number of hydrogen-bond acceptors (Lipinski definition) is 4. The highest BCUT2D eigenvalue weighted by molar-refractivity contribution is 7.99. The number of aryl methyl sites for hydroxylation is 1. The molecule has 0 aliphatic heterocycles. The van der Waals surface area contributed by atoms with Gasteiger partial charge in [0.1, 0.15) is 0 Å². The van der Waals surface area contributed by atoms with Crippen molar-refractivity contribution in [3.05, 3.63) is 11.9 Å². The molecule has 1 aliphatic rings. The molecule has 1 heterocycles. The molecule has 1 fully saturated rings. The zero-order chi connectivity index (χ0) is 14.9. The molecule has 1 aromatic heterocycles. The summed E-state index contributed by atoms with van der Waals surface area (Å²) in [6, 6.07) is 0.387. The zero-order valence-corrected chi connectivity index (χ0v) is 14.4. The van der Waals surface area contributed by atoms with E-state index in [2.05, 4.69) is 45.9 Å². The molecule has 1 aromatic rings. The molecule has 120 valence electrons. The molecule has 1 atom stereocenters. The van der Waals surface area contributed by atoms with Crippen molar-refractivity contribution in [2.45, 2.75) is 76.6 Å². The highest BCUT2D eigenvalue weighted by Gasteiger charge is 2.20. The van der Waals surface area contributed by atoms with Gasteiger partial charge in [-0.05, 0) is 32.2 Å². The van der Waals surface area contributed by atoms with Crippen LogP contribution in [0.5, 0.6) is 0 Å². The summed E-state index contributed by atoms with van der Waals surface area (Å²) in [5.74, 6) is 1.14. The van der Waals surface area contributed by atoms with Crippen LogP contribution in [0.1, 0.15) is 70.5 Å². The fourth-order valence-corrected chi connectivity index (χ4v) is 4.37. The van der Waals surface area contributed by atoms with Crippen LogP contribution < -0.4 is 5.32 Å². The molecule has 1 unspecified atom stereocenters. The van der Waals surface area contributed by atoms with Gasteiger partial charge in [-0.2, -0.15) is 11.8 Å². The predicted octanol–water partition coefficient (Wildman–Crippen LogP) is 3.79. The van der Waals surface area contributed by atoms with Crippen LogP contribution in [0.25, 0.3) is 0 Å². The van der Waals surface area contributed by atoms with E-state index >= 15 is 0 Å². The second kappa shape index (κ2) is 9.46. The quantitative estimate of drug-likeness (QED) is 0.753. The van der Waals surface area contributed by atoms with E-state index in [1.165, 1.54) is 44.2 Å². The van der Waals surface area contributed by atoms with Crippen LogP contribution in [0.2, 0.25) is 0 Å². The van der Waals surface area contributed by atoms with E-state index in [0.717, 1.165) is 30.5 Å². The molecule has 1 saturated carbocycles.